The molecule has 6 heteroatoms. The molecule has 2 aliphatic rings. The molecule has 0 fully saturated rings. The van der Waals surface area contributed by atoms with Gasteiger partial charge in [-0.2, -0.15) is 0 Å². The number of carbonyl (C=O) groups is 1. The van der Waals surface area contributed by atoms with Crippen LogP contribution in [-0.2, 0) is 20.7 Å². The summed E-state index contributed by atoms with van der Waals surface area (Å²) in [6.45, 7) is 1.29. The molecule has 2 unspecified atom stereocenters. The zero-order chi connectivity index (χ0) is 17.1. The number of carbonyl (C=O) groups excluding carboxylic acids is 1. The maximum Gasteiger partial charge on any atom is 0.230 e. The third kappa shape index (κ3) is 3.39. The fourth-order valence-electron chi connectivity index (χ4n) is 3.32. The van der Waals surface area contributed by atoms with E-state index in [1.807, 2.05) is 23.1 Å². The standard InChI is InChI=1S/C18H23NO5/c1-22-11-17-16-4-3-14(23-2)7-12(16)5-6-19(17)18(21)9-15-8-13(20)10-24-15/h3-4,7-8,13,17,20H,5-6,9-11H2,1-2H3. The maximum absolute atomic E-state index is 12.7. The summed E-state index contributed by atoms with van der Waals surface area (Å²) in [5.74, 6) is 1.35. The van der Waals surface area contributed by atoms with Crippen LogP contribution in [0.1, 0.15) is 23.6 Å². The minimum atomic E-state index is -0.614. The first kappa shape index (κ1) is 16.8. The number of rotatable bonds is 5. The Hall–Kier alpha value is -2.05. The van der Waals surface area contributed by atoms with E-state index >= 15 is 0 Å². The lowest BCUT2D eigenvalue weighted by Gasteiger charge is -2.37. The van der Waals surface area contributed by atoms with Crippen LogP contribution in [0.3, 0.4) is 0 Å². The van der Waals surface area contributed by atoms with Gasteiger partial charge >= 0.3 is 0 Å². The molecule has 0 aromatic heterocycles. The number of hydrogen-bond acceptors (Lipinski definition) is 5. The highest BCUT2D eigenvalue weighted by Gasteiger charge is 2.32. The number of aliphatic hydroxyl groups excluding tert-OH is 1. The first-order valence-electron chi connectivity index (χ1n) is 8.09. The van der Waals surface area contributed by atoms with Crippen molar-refractivity contribution in [2.24, 2.45) is 0 Å². The average Bonchev–Trinajstić information content (AvgIpc) is 2.99. The SMILES string of the molecule is COCC1c2ccc(OC)cc2CCN1C(=O)CC1=CC(O)CO1. The molecule has 0 aliphatic carbocycles. The molecule has 1 amide bonds. The smallest absolute Gasteiger partial charge is 0.230 e. The van der Waals surface area contributed by atoms with Crippen LogP contribution in [0, 0.1) is 0 Å². The molecule has 130 valence electrons. The molecule has 24 heavy (non-hydrogen) atoms. The van der Waals surface area contributed by atoms with Gasteiger partial charge in [0.2, 0.25) is 5.91 Å². The molecule has 6 nitrogen and oxygen atoms in total. The van der Waals surface area contributed by atoms with Gasteiger partial charge in [0, 0.05) is 13.7 Å². The van der Waals surface area contributed by atoms with Crippen molar-refractivity contribution in [3.8, 4) is 5.75 Å². The van der Waals surface area contributed by atoms with Gasteiger partial charge in [-0.05, 0) is 35.8 Å². The van der Waals surface area contributed by atoms with Gasteiger partial charge < -0.3 is 24.2 Å². The molecule has 3 rings (SSSR count). The second-order valence-electron chi connectivity index (χ2n) is 6.06. The van der Waals surface area contributed by atoms with Crippen molar-refractivity contribution in [3.05, 3.63) is 41.2 Å². The van der Waals surface area contributed by atoms with E-state index in [1.54, 1.807) is 20.3 Å². The lowest BCUT2D eigenvalue weighted by molar-refractivity contribution is -0.135. The van der Waals surface area contributed by atoms with Gasteiger partial charge in [-0.25, -0.2) is 0 Å². The lowest BCUT2D eigenvalue weighted by Crippen LogP contribution is -2.42. The minimum absolute atomic E-state index is 0.0149. The van der Waals surface area contributed by atoms with E-state index in [9.17, 15) is 9.90 Å². The van der Waals surface area contributed by atoms with Crippen molar-refractivity contribution in [2.45, 2.75) is 25.0 Å². The number of benzene rings is 1. The monoisotopic (exact) mass is 333 g/mol. The summed E-state index contributed by atoms with van der Waals surface area (Å²) in [6, 6.07) is 5.82. The molecule has 1 aromatic rings. The van der Waals surface area contributed by atoms with Crippen molar-refractivity contribution in [1.82, 2.24) is 4.90 Å². The van der Waals surface area contributed by atoms with E-state index in [4.69, 9.17) is 14.2 Å². The molecular formula is C18H23NO5. The van der Waals surface area contributed by atoms with Gasteiger partial charge in [0.25, 0.3) is 0 Å². The van der Waals surface area contributed by atoms with Crippen molar-refractivity contribution in [2.75, 3.05) is 34.0 Å². The molecule has 0 spiro atoms. The summed E-state index contributed by atoms with van der Waals surface area (Å²) in [5.41, 5.74) is 2.28. The normalized spacial score (nSPS) is 22.6. The van der Waals surface area contributed by atoms with Gasteiger partial charge in [0.15, 0.2) is 0 Å². The Morgan fingerprint density at radius 3 is 2.92 bits per heavy atom. The van der Waals surface area contributed by atoms with Gasteiger partial charge in [0.1, 0.15) is 24.2 Å². The van der Waals surface area contributed by atoms with Gasteiger partial charge in [-0.15, -0.1) is 0 Å². The van der Waals surface area contributed by atoms with E-state index in [1.165, 1.54) is 5.56 Å². The minimum Gasteiger partial charge on any atom is -0.497 e. The van der Waals surface area contributed by atoms with Crippen LogP contribution in [-0.4, -0.2) is 56.0 Å². The highest BCUT2D eigenvalue weighted by atomic mass is 16.5. The summed E-state index contributed by atoms with van der Waals surface area (Å²) in [4.78, 5) is 14.6. The predicted octanol–water partition coefficient (Wildman–Crippen LogP) is 1.43. The lowest BCUT2D eigenvalue weighted by atomic mass is 9.92. The van der Waals surface area contributed by atoms with Crippen molar-refractivity contribution >= 4 is 5.91 Å². The van der Waals surface area contributed by atoms with E-state index in [0.29, 0.717) is 18.9 Å². The van der Waals surface area contributed by atoms with E-state index in [0.717, 1.165) is 17.7 Å². The zero-order valence-electron chi connectivity index (χ0n) is 14.0. The number of nitrogens with zero attached hydrogens (tertiary/aromatic N) is 1. The highest BCUT2D eigenvalue weighted by molar-refractivity contribution is 5.79. The van der Waals surface area contributed by atoms with Crippen LogP contribution in [0.15, 0.2) is 30.0 Å². The quantitative estimate of drug-likeness (QED) is 0.883. The summed E-state index contributed by atoms with van der Waals surface area (Å²) in [5, 5.41) is 9.48. The summed E-state index contributed by atoms with van der Waals surface area (Å²) in [7, 11) is 3.29. The summed E-state index contributed by atoms with van der Waals surface area (Å²) < 4.78 is 16.0. The molecule has 1 N–H and O–H groups in total. The number of amides is 1. The number of ether oxygens (including phenoxy) is 3. The number of hydrogen-bond donors (Lipinski definition) is 1. The summed E-state index contributed by atoms with van der Waals surface area (Å²) >= 11 is 0. The Kier molecular flexibility index (Phi) is 5.06. The van der Waals surface area contributed by atoms with Crippen LogP contribution in [0.4, 0.5) is 0 Å². The molecule has 2 aliphatic heterocycles. The van der Waals surface area contributed by atoms with E-state index < -0.39 is 6.10 Å². The molecule has 1 aromatic carbocycles. The van der Waals surface area contributed by atoms with Gasteiger partial charge in [-0.3, -0.25) is 4.79 Å². The topological polar surface area (TPSA) is 68.2 Å². The third-order valence-electron chi connectivity index (χ3n) is 4.50. The first-order chi connectivity index (χ1) is 11.6. The number of aliphatic hydroxyl groups is 1. The van der Waals surface area contributed by atoms with Crippen LogP contribution in [0.5, 0.6) is 5.75 Å². The molecule has 2 heterocycles. The van der Waals surface area contributed by atoms with Crippen LogP contribution in [0.25, 0.3) is 0 Å². The van der Waals surface area contributed by atoms with Crippen molar-refractivity contribution < 1.29 is 24.1 Å². The Bertz CT molecular complexity index is 642. The number of fused-ring (bicyclic) bond motifs is 1. The Morgan fingerprint density at radius 2 is 2.25 bits per heavy atom. The summed E-state index contributed by atoms with van der Waals surface area (Å²) in [6.07, 6.45) is 1.94. The van der Waals surface area contributed by atoms with Gasteiger partial charge in [-0.1, -0.05) is 6.07 Å². The second kappa shape index (κ2) is 7.23. The molecule has 0 radical (unpaired) electrons. The molecule has 0 bridgehead atoms. The highest BCUT2D eigenvalue weighted by Crippen LogP contribution is 2.33. The van der Waals surface area contributed by atoms with Gasteiger partial charge in [0.05, 0.1) is 26.2 Å². The average molecular weight is 333 g/mol. The second-order valence-corrected chi connectivity index (χ2v) is 6.06. The third-order valence-corrected chi connectivity index (χ3v) is 4.50. The van der Waals surface area contributed by atoms with Crippen molar-refractivity contribution in [3.63, 3.8) is 0 Å². The molecule has 0 saturated carbocycles. The first-order valence-corrected chi connectivity index (χ1v) is 8.09. The zero-order valence-corrected chi connectivity index (χ0v) is 14.0. The number of methoxy groups -OCH3 is 2. The Morgan fingerprint density at radius 1 is 1.42 bits per heavy atom. The Balaban J connectivity index is 1.80. The molecule has 0 saturated heterocycles. The van der Waals surface area contributed by atoms with E-state index in [2.05, 4.69) is 0 Å². The van der Waals surface area contributed by atoms with E-state index in [-0.39, 0.29) is 25.0 Å². The van der Waals surface area contributed by atoms with Crippen LogP contribution in [0.2, 0.25) is 0 Å². The van der Waals surface area contributed by atoms with Crippen molar-refractivity contribution in [1.29, 1.82) is 0 Å². The van der Waals surface area contributed by atoms with Crippen LogP contribution >= 0.6 is 0 Å². The van der Waals surface area contributed by atoms with Crippen LogP contribution < -0.4 is 4.74 Å². The molecular weight excluding hydrogens is 310 g/mol. The predicted molar refractivity (Wildman–Crippen MR) is 87.7 cm³/mol. The Labute approximate surface area is 141 Å². The largest absolute Gasteiger partial charge is 0.497 e. The fraction of sp³-hybridized carbons (Fsp3) is 0.500. The maximum atomic E-state index is 12.7. The fourth-order valence-corrected chi connectivity index (χ4v) is 3.32. The molecule has 2 atom stereocenters.